The van der Waals surface area contributed by atoms with Gasteiger partial charge in [-0.25, -0.2) is 0 Å². The summed E-state index contributed by atoms with van der Waals surface area (Å²) in [6, 6.07) is 9.80. The van der Waals surface area contributed by atoms with E-state index in [1.165, 1.54) is 0 Å². The van der Waals surface area contributed by atoms with Crippen molar-refractivity contribution in [1.82, 2.24) is 0 Å². The van der Waals surface area contributed by atoms with E-state index in [4.69, 9.17) is 4.74 Å². The zero-order valence-electron chi connectivity index (χ0n) is 13.2. The zero-order chi connectivity index (χ0) is 15.9. The number of methoxy groups -OCH3 is 1. The Labute approximate surface area is 130 Å². The molecule has 0 bridgehead atoms. The van der Waals surface area contributed by atoms with Gasteiger partial charge in [0.25, 0.3) is 0 Å². The van der Waals surface area contributed by atoms with Crippen LogP contribution in [0, 0.1) is 5.41 Å². The molecule has 3 heteroatoms. The second kappa shape index (κ2) is 5.24. The quantitative estimate of drug-likeness (QED) is 0.861. The number of ketones is 2. The van der Waals surface area contributed by atoms with Crippen LogP contribution >= 0.6 is 0 Å². The van der Waals surface area contributed by atoms with E-state index in [1.807, 2.05) is 37.3 Å². The third kappa shape index (κ3) is 2.31. The SMILES string of the molecule is COc1ccc2c3c(ccc2c1)C(=O)[C@](C)(CC(C)=O)CC3. The Balaban J connectivity index is 2.11. The van der Waals surface area contributed by atoms with Gasteiger partial charge in [-0.15, -0.1) is 0 Å². The van der Waals surface area contributed by atoms with Crippen molar-refractivity contribution in [2.24, 2.45) is 5.41 Å². The summed E-state index contributed by atoms with van der Waals surface area (Å²) in [4.78, 5) is 24.4. The molecule has 2 aromatic carbocycles. The average Bonchev–Trinajstić information content (AvgIpc) is 2.49. The summed E-state index contributed by atoms with van der Waals surface area (Å²) in [6.45, 7) is 3.47. The minimum absolute atomic E-state index is 0.0739. The van der Waals surface area contributed by atoms with Gasteiger partial charge in [-0.1, -0.05) is 25.1 Å². The van der Waals surface area contributed by atoms with Crippen molar-refractivity contribution in [3.05, 3.63) is 41.5 Å². The standard InChI is InChI=1S/C19H20O3/c1-12(20)11-19(2)9-8-16-15-7-5-14(22-3)10-13(15)4-6-17(16)18(19)21/h4-7,10H,8-9,11H2,1-3H3/t19-/m0/s1. The Kier molecular flexibility index (Phi) is 3.51. The fraction of sp³-hybridized carbons (Fsp3) is 0.368. The number of carbonyl (C=O) groups excluding carboxylic acids is 2. The maximum absolute atomic E-state index is 12.9. The third-order valence-corrected chi connectivity index (χ3v) is 4.70. The predicted molar refractivity (Wildman–Crippen MR) is 86.6 cm³/mol. The summed E-state index contributed by atoms with van der Waals surface area (Å²) >= 11 is 0. The van der Waals surface area contributed by atoms with Crippen LogP contribution in [0.25, 0.3) is 10.8 Å². The van der Waals surface area contributed by atoms with E-state index >= 15 is 0 Å². The Bertz CT molecular complexity index is 776. The third-order valence-electron chi connectivity index (χ3n) is 4.70. The molecule has 0 heterocycles. The minimum Gasteiger partial charge on any atom is -0.497 e. The van der Waals surface area contributed by atoms with Crippen LogP contribution in [0.2, 0.25) is 0 Å². The second-order valence-corrected chi connectivity index (χ2v) is 6.45. The highest BCUT2D eigenvalue weighted by molar-refractivity contribution is 6.08. The first-order valence-electron chi connectivity index (χ1n) is 7.58. The number of benzene rings is 2. The fourth-order valence-corrected chi connectivity index (χ4v) is 3.54. The Morgan fingerprint density at radius 3 is 2.73 bits per heavy atom. The lowest BCUT2D eigenvalue weighted by Crippen LogP contribution is -2.35. The molecule has 3 nitrogen and oxygen atoms in total. The van der Waals surface area contributed by atoms with E-state index < -0.39 is 5.41 Å². The summed E-state index contributed by atoms with van der Waals surface area (Å²) in [5.74, 6) is 0.988. The van der Waals surface area contributed by atoms with Crippen LogP contribution < -0.4 is 4.74 Å². The number of Topliss-reactive ketones (excluding diaryl/α,β-unsaturated/α-hetero) is 2. The molecule has 0 aromatic heterocycles. The molecule has 1 aliphatic rings. The smallest absolute Gasteiger partial charge is 0.169 e. The second-order valence-electron chi connectivity index (χ2n) is 6.45. The molecule has 2 aromatic rings. The van der Waals surface area contributed by atoms with Crippen LogP contribution in [0.1, 0.15) is 42.6 Å². The van der Waals surface area contributed by atoms with Crippen LogP contribution in [0.5, 0.6) is 5.75 Å². The predicted octanol–water partition coefficient (Wildman–Crippen LogP) is 3.96. The lowest BCUT2D eigenvalue weighted by atomic mass is 9.68. The van der Waals surface area contributed by atoms with Gasteiger partial charge in [0.05, 0.1) is 7.11 Å². The number of hydrogen-bond donors (Lipinski definition) is 0. The molecule has 0 aliphatic heterocycles. The van der Waals surface area contributed by atoms with Gasteiger partial charge in [-0.05, 0) is 48.2 Å². The van der Waals surface area contributed by atoms with Crippen molar-refractivity contribution in [2.45, 2.75) is 33.1 Å². The number of ether oxygens (including phenoxy) is 1. The van der Waals surface area contributed by atoms with Gasteiger partial charge in [0.15, 0.2) is 5.78 Å². The van der Waals surface area contributed by atoms with Gasteiger partial charge in [0.1, 0.15) is 11.5 Å². The number of hydrogen-bond acceptors (Lipinski definition) is 3. The molecule has 22 heavy (non-hydrogen) atoms. The molecule has 1 aliphatic carbocycles. The van der Waals surface area contributed by atoms with Crippen molar-refractivity contribution in [3.63, 3.8) is 0 Å². The number of aryl methyl sites for hydroxylation is 1. The van der Waals surface area contributed by atoms with Gasteiger partial charge in [-0.2, -0.15) is 0 Å². The molecule has 114 valence electrons. The first-order valence-corrected chi connectivity index (χ1v) is 7.58. The van der Waals surface area contributed by atoms with Gasteiger partial charge in [0.2, 0.25) is 0 Å². The van der Waals surface area contributed by atoms with Gasteiger partial charge >= 0.3 is 0 Å². The van der Waals surface area contributed by atoms with E-state index in [0.29, 0.717) is 6.42 Å². The van der Waals surface area contributed by atoms with E-state index in [9.17, 15) is 9.59 Å². The maximum Gasteiger partial charge on any atom is 0.169 e. The van der Waals surface area contributed by atoms with E-state index in [2.05, 4.69) is 0 Å². The van der Waals surface area contributed by atoms with Crippen LogP contribution in [0.3, 0.4) is 0 Å². The van der Waals surface area contributed by atoms with Crippen LogP contribution in [-0.4, -0.2) is 18.7 Å². The topological polar surface area (TPSA) is 43.4 Å². The molecule has 0 amide bonds. The normalized spacial score (nSPS) is 20.8. The molecule has 3 rings (SSSR count). The van der Waals surface area contributed by atoms with Crippen molar-refractivity contribution in [2.75, 3.05) is 7.11 Å². The van der Waals surface area contributed by atoms with E-state index in [0.717, 1.165) is 40.5 Å². The summed E-state index contributed by atoms with van der Waals surface area (Å²) < 4.78 is 5.26. The van der Waals surface area contributed by atoms with Crippen LogP contribution in [0.4, 0.5) is 0 Å². The Hall–Kier alpha value is -2.16. The van der Waals surface area contributed by atoms with Crippen molar-refractivity contribution >= 4 is 22.3 Å². The van der Waals surface area contributed by atoms with Gasteiger partial charge in [-0.3, -0.25) is 9.59 Å². The molecule has 0 saturated heterocycles. The molecule has 0 fully saturated rings. The number of carbonyl (C=O) groups is 2. The molecule has 0 unspecified atom stereocenters. The highest BCUT2D eigenvalue weighted by Crippen LogP contribution is 2.40. The number of fused-ring (bicyclic) bond motifs is 3. The molecule has 0 spiro atoms. The lowest BCUT2D eigenvalue weighted by molar-refractivity contribution is -0.118. The van der Waals surface area contributed by atoms with Crippen molar-refractivity contribution in [1.29, 1.82) is 0 Å². The van der Waals surface area contributed by atoms with Gasteiger partial charge in [0, 0.05) is 17.4 Å². The fourth-order valence-electron chi connectivity index (χ4n) is 3.54. The molecule has 0 radical (unpaired) electrons. The highest BCUT2D eigenvalue weighted by atomic mass is 16.5. The van der Waals surface area contributed by atoms with Crippen LogP contribution in [0.15, 0.2) is 30.3 Å². The maximum atomic E-state index is 12.9. The molecular weight excluding hydrogens is 276 g/mol. The molecule has 1 atom stereocenters. The minimum atomic E-state index is -0.557. The molecule has 0 saturated carbocycles. The Morgan fingerprint density at radius 1 is 1.27 bits per heavy atom. The van der Waals surface area contributed by atoms with Crippen molar-refractivity contribution in [3.8, 4) is 5.75 Å². The first kappa shape index (κ1) is 14.8. The zero-order valence-corrected chi connectivity index (χ0v) is 13.2. The lowest BCUT2D eigenvalue weighted by Gasteiger charge is -2.33. The van der Waals surface area contributed by atoms with E-state index in [1.54, 1.807) is 14.0 Å². The average molecular weight is 296 g/mol. The highest BCUT2D eigenvalue weighted by Gasteiger charge is 2.39. The van der Waals surface area contributed by atoms with Crippen molar-refractivity contribution < 1.29 is 14.3 Å². The monoisotopic (exact) mass is 296 g/mol. The Morgan fingerprint density at radius 2 is 2.05 bits per heavy atom. The molecule has 0 N–H and O–H groups in total. The summed E-state index contributed by atoms with van der Waals surface area (Å²) in [5, 5.41) is 2.19. The summed E-state index contributed by atoms with van der Waals surface area (Å²) in [7, 11) is 1.65. The molecular formula is C19H20O3. The summed E-state index contributed by atoms with van der Waals surface area (Å²) in [5.41, 5.74) is 1.32. The first-order chi connectivity index (χ1) is 10.4. The van der Waals surface area contributed by atoms with E-state index in [-0.39, 0.29) is 11.6 Å². The summed E-state index contributed by atoms with van der Waals surface area (Å²) in [6.07, 6.45) is 1.88. The van der Waals surface area contributed by atoms with Crippen LogP contribution in [-0.2, 0) is 11.2 Å². The largest absolute Gasteiger partial charge is 0.497 e. The number of rotatable bonds is 3. The van der Waals surface area contributed by atoms with Gasteiger partial charge < -0.3 is 4.74 Å².